The highest BCUT2D eigenvalue weighted by molar-refractivity contribution is 6.68. The second kappa shape index (κ2) is 4.00. The molecule has 0 saturated carbocycles. The Bertz CT molecular complexity index is 264. The zero-order valence-electron chi connectivity index (χ0n) is 6.92. The van der Waals surface area contributed by atoms with Crippen molar-refractivity contribution in [2.45, 2.75) is 15.9 Å². The third-order valence-corrected chi connectivity index (χ3v) is 2.23. The predicted octanol–water partition coefficient (Wildman–Crippen LogP) is 1.01. The maximum Gasteiger partial charge on any atom is 0.408 e. The molecule has 1 N–H and O–H groups in total. The maximum atomic E-state index is 11.1. The van der Waals surface area contributed by atoms with Gasteiger partial charge < -0.3 is 14.8 Å². The molecule has 0 unspecified atom stereocenters. The molecule has 0 aliphatic carbocycles. The van der Waals surface area contributed by atoms with E-state index in [0.717, 1.165) is 7.11 Å². The smallest absolute Gasteiger partial charge is 0.408 e. The highest BCUT2D eigenvalue weighted by Crippen LogP contribution is 2.36. The Hall–Kier alpha value is -0.390. The number of carbonyl (C=O) groups excluding carboxylic acids is 2. The number of halogens is 3. The van der Waals surface area contributed by atoms with Crippen LogP contribution in [-0.2, 0) is 14.3 Å². The van der Waals surface area contributed by atoms with E-state index >= 15 is 0 Å². The zero-order chi connectivity index (χ0) is 10.9. The summed E-state index contributed by atoms with van der Waals surface area (Å²) in [6.45, 7) is 0. The van der Waals surface area contributed by atoms with E-state index in [9.17, 15) is 9.59 Å². The van der Waals surface area contributed by atoms with Gasteiger partial charge in [-0.25, -0.2) is 9.59 Å². The molecule has 0 aromatic carbocycles. The molecule has 1 rings (SSSR count). The topological polar surface area (TPSA) is 64.6 Å². The normalized spacial score (nSPS) is 26.7. The number of rotatable bonds is 1. The van der Waals surface area contributed by atoms with Gasteiger partial charge in [0.25, 0.3) is 0 Å². The minimum Gasteiger partial charge on any atom is -0.467 e. The van der Waals surface area contributed by atoms with Crippen LogP contribution in [0.3, 0.4) is 0 Å². The lowest BCUT2D eigenvalue weighted by molar-refractivity contribution is -0.143. The summed E-state index contributed by atoms with van der Waals surface area (Å²) >= 11 is 16.5. The van der Waals surface area contributed by atoms with Gasteiger partial charge in [-0.2, -0.15) is 0 Å². The van der Waals surface area contributed by atoms with Gasteiger partial charge in [-0.05, 0) is 0 Å². The average Bonchev–Trinajstić information content (AvgIpc) is 2.45. The van der Waals surface area contributed by atoms with Crippen LogP contribution in [0.4, 0.5) is 4.79 Å². The summed E-state index contributed by atoms with van der Waals surface area (Å²) in [4.78, 5) is 21.9. The number of hydrogen-bond donors (Lipinski definition) is 1. The lowest BCUT2D eigenvalue weighted by Crippen LogP contribution is -2.45. The van der Waals surface area contributed by atoms with E-state index in [4.69, 9.17) is 34.8 Å². The minimum atomic E-state index is -1.88. The number of esters is 1. The average molecular weight is 262 g/mol. The highest BCUT2D eigenvalue weighted by Gasteiger charge is 2.51. The van der Waals surface area contributed by atoms with E-state index < -0.39 is 28.0 Å². The van der Waals surface area contributed by atoms with Gasteiger partial charge in [-0.3, -0.25) is 0 Å². The summed E-state index contributed by atoms with van der Waals surface area (Å²) in [5.74, 6) is -0.729. The van der Waals surface area contributed by atoms with Crippen LogP contribution in [0.2, 0.25) is 0 Å². The number of nitrogens with one attached hydrogen (secondary N) is 1. The lowest BCUT2D eigenvalue weighted by Gasteiger charge is -2.21. The van der Waals surface area contributed by atoms with Crippen LogP contribution in [0.25, 0.3) is 0 Å². The molecule has 0 aromatic heterocycles. The molecular weight excluding hydrogens is 256 g/mol. The summed E-state index contributed by atoms with van der Waals surface area (Å²) in [6, 6.07) is -1.10. The molecular formula is C6H6Cl3NO4. The van der Waals surface area contributed by atoms with E-state index in [2.05, 4.69) is 14.8 Å². The fraction of sp³-hybridized carbons (Fsp3) is 0.667. The Kier molecular flexibility index (Phi) is 3.34. The molecule has 1 heterocycles. The van der Waals surface area contributed by atoms with Crippen molar-refractivity contribution in [3.05, 3.63) is 0 Å². The molecule has 0 spiro atoms. The van der Waals surface area contributed by atoms with Gasteiger partial charge in [0.15, 0.2) is 12.1 Å². The van der Waals surface area contributed by atoms with Gasteiger partial charge in [0.2, 0.25) is 3.79 Å². The van der Waals surface area contributed by atoms with Crippen molar-refractivity contribution in [3.8, 4) is 0 Å². The first-order valence-electron chi connectivity index (χ1n) is 3.48. The van der Waals surface area contributed by atoms with Gasteiger partial charge in [-0.1, -0.05) is 34.8 Å². The SMILES string of the molecule is COC(=O)[C@H]1NC(=O)O[C@@H]1C(Cl)(Cl)Cl. The summed E-state index contributed by atoms with van der Waals surface area (Å²) in [7, 11) is 1.16. The number of cyclic esters (lactones) is 1. The fourth-order valence-corrected chi connectivity index (χ4v) is 1.50. The quantitative estimate of drug-likeness (QED) is 0.566. The van der Waals surface area contributed by atoms with Gasteiger partial charge >= 0.3 is 12.1 Å². The van der Waals surface area contributed by atoms with Gasteiger partial charge in [0, 0.05) is 0 Å². The Morgan fingerprint density at radius 2 is 2.14 bits per heavy atom. The third kappa shape index (κ3) is 2.34. The van der Waals surface area contributed by atoms with Crippen molar-refractivity contribution in [2.24, 2.45) is 0 Å². The van der Waals surface area contributed by atoms with Crippen molar-refractivity contribution in [2.75, 3.05) is 7.11 Å². The van der Waals surface area contributed by atoms with Crippen molar-refractivity contribution >= 4 is 46.9 Å². The lowest BCUT2D eigenvalue weighted by atomic mass is 10.2. The van der Waals surface area contributed by atoms with Crippen molar-refractivity contribution in [1.29, 1.82) is 0 Å². The Balaban J connectivity index is 2.83. The largest absolute Gasteiger partial charge is 0.467 e. The Labute approximate surface area is 94.6 Å². The number of amides is 1. The number of ether oxygens (including phenoxy) is 2. The van der Waals surface area contributed by atoms with Crippen molar-refractivity contribution < 1.29 is 19.1 Å². The van der Waals surface area contributed by atoms with E-state index in [1.165, 1.54) is 0 Å². The predicted molar refractivity (Wildman–Crippen MR) is 49.5 cm³/mol. The van der Waals surface area contributed by atoms with Gasteiger partial charge in [-0.15, -0.1) is 0 Å². The van der Waals surface area contributed by atoms with E-state index in [1.54, 1.807) is 0 Å². The first-order valence-corrected chi connectivity index (χ1v) is 4.61. The number of carbonyl (C=O) groups is 2. The Morgan fingerprint density at radius 3 is 2.57 bits per heavy atom. The van der Waals surface area contributed by atoms with E-state index in [-0.39, 0.29) is 0 Å². The Morgan fingerprint density at radius 1 is 1.57 bits per heavy atom. The maximum absolute atomic E-state index is 11.1. The fourth-order valence-electron chi connectivity index (χ4n) is 0.985. The van der Waals surface area contributed by atoms with E-state index in [0.29, 0.717) is 0 Å². The van der Waals surface area contributed by atoms with E-state index in [1.807, 2.05) is 0 Å². The van der Waals surface area contributed by atoms with Crippen LogP contribution in [0.15, 0.2) is 0 Å². The van der Waals surface area contributed by atoms with Gasteiger partial charge in [0.1, 0.15) is 0 Å². The summed E-state index contributed by atoms with van der Waals surface area (Å²) in [6.07, 6.45) is -2.01. The summed E-state index contributed by atoms with van der Waals surface area (Å²) in [5, 5.41) is 2.17. The molecule has 8 heteroatoms. The molecule has 5 nitrogen and oxygen atoms in total. The molecule has 0 radical (unpaired) electrons. The highest BCUT2D eigenvalue weighted by atomic mass is 35.6. The van der Waals surface area contributed by atoms with Crippen LogP contribution in [0, 0.1) is 0 Å². The van der Waals surface area contributed by atoms with Crippen LogP contribution >= 0.6 is 34.8 Å². The number of hydrogen-bond acceptors (Lipinski definition) is 4. The van der Waals surface area contributed by atoms with Crippen molar-refractivity contribution in [1.82, 2.24) is 5.32 Å². The number of alkyl halides is 3. The van der Waals surface area contributed by atoms with Crippen LogP contribution in [-0.4, -0.2) is 35.1 Å². The molecule has 80 valence electrons. The van der Waals surface area contributed by atoms with Crippen molar-refractivity contribution in [3.63, 3.8) is 0 Å². The molecule has 1 aliphatic heterocycles. The summed E-state index contributed by atoms with van der Waals surface area (Å²) < 4.78 is 7.14. The second-order valence-corrected chi connectivity index (χ2v) is 4.88. The summed E-state index contributed by atoms with van der Waals surface area (Å²) in [5.41, 5.74) is 0. The molecule has 1 aliphatic rings. The number of methoxy groups -OCH3 is 1. The molecule has 1 saturated heterocycles. The molecule has 0 aromatic rings. The molecule has 2 atom stereocenters. The van der Waals surface area contributed by atoms with Crippen LogP contribution < -0.4 is 5.32 Å². The molecule has 1 fully saturated rings. The zero-order valence-corrected chi connectivity index (χ0v) is 9.19. The number of alkyl carbamates (subject to hydrolysis) is 1. The molecule has 14 heavy (non-hydrogen) atoms. The first kappa shape index (κ1) is 11.7. The second-order valence-electron chi connectivity index (χ2n) is 2.51. The monoisotopic (exact) mass is 261 g/mol. The van der Waals surface area contributed by atoms with Crippen LogP contribution in [0.1, 0.15) is 0 Å². The molecule has 0 bridgehead atoms. The molecule has 1 amide bonds. The third-order valence-electron chi connectivity index (χ3n) is 1.59. The first-order chi connectivity index (χ1) is 6.36. The van der Waals surface area contributed by atoms with Gasteiger partial charge in [0.05, 0.1) is 7.11 Å². The minimum absolute atomic E-state index is 0.729. The van der Waals surface area contributed by atoms with Crippen LogP contribution in [0.5, 0.6) is 0 Å². The standard InChI is InChI=1S/C6H6Cl3NO4/c1-13-4(11)2-3(6(7,8)9)14-5(12)10-2/h2-3H,1H3,(H,10,12)/t2-,3-/m0/s1.